The van der Waals surface area contributed by atoms with Crippen LogP contribution in [0.4, 0.5) is 17.1 Å². The number of hydrogen-bond acceptors (Lipinski definition) is 4. The summed E-state index contributed by atoms with van der Waals surface area (Å²) in [5, 5.41) is 5.42. The number of hydrogen-bond donors (Lipinski definition) is 2. The minimum absolute atomic E-state index is 0.129. The Balaban J connectivity index is 1.75. The van der Waals surface area contributed by atoms with E-state index in [4.69, 9.17) is 0 Å². The van der Waals surface area contributed by atoms with Crippen LogP contribution in [0.3, 0.4) is 0 Å². The first-order valence-electron chi connectivity index (χ1n) is 8.65. The van der Waals surface area contributed by atoms with E-state index in [0.29, 0.717) is 35.6 Å². The molecule has 1 heterocycles. The fraction of sp³-hybridized carbons (Fsp3) is 0.263. The fourth-order valence-electron chi connectivity index (χ4n) is 2.92. The van der Waals surface area contributed by atoms with Crippen LogP contribution in [0.5, 0.6) is 0 Å². The Labute approximate surface area is 158 Å². The van der Waals surface area contributed by atoms with Gasteiger partial charge in [0.15, 0.2) is 0 Å². The fourth-order valence-corrected chi connectivity index (χ4v) is 4.56. The molecule has 1 fully saturated rings. The second-order valence-electron chi connectivity index (χ2n) is 6.36. The normalized spacial score (nSPS) is 15.8. The highest BCUT2D eigenvalue weighted by atomic mass is 32.2. The molecule has 8 heteroatoms. The van der Waals surface area contributed by atoms with Crippen LogP contribution in [-0.4, -0.2) is 32.5 Å². The van der Waals surface area contributed by atoms with Gasteiger partial charge in [0.1, 0.15) is 0 Å². The minimum atomic E-state index is -3.33. The van der Waals surface area contributed by atoms with Gasteiger partial charge in [-0.3, -0.25) is 13.9 Å². The number of carbonyl (C=O) groups is 2. The van der Waals surface area contributed by atoms with E-state index in [2.05, 4.69) is 10.6 Å². The lowest BCUT2D eigenvalue weighted by molar-refractivity contribution is -0.114. The second kappa shape index (κ2) is 7.79. The summed E-state index contributed by atoms with van der Waals surface area (Å²) in [6.07, 6.45) is 1.46. The first kappa shape index (κ1) is 18.9. The van der Waals surface area contributed by atoms with Crippen molar-refractivity contribution in [2.75, 3.05) is 27.2 Å². The van der Waals surface area contributed by atoms with Gasteiger partial charge in [-0.25, -0.2) is 8.42 Å². The van der Waals surface area contributed by atoms with Crippen molar-refractivity contribution in [2.45, 2.75) is 19.8 Å². The number of rotatable bonds is 4. The van der Waals surface area contributed by atoms with Gasteiger partial charge in [-0.05, 0) is 55.3 Å². The Morgan fingerprint density at radius 1 is 0.963 bits per heavy atom. The van der Waals surface area contributed by atoms with Gasteiger partial charge in [-0.1, -0.05) is 6.07 Å². The van der Waals surface area contributed by atoms with Crippen LogP contribution >= 0.6 is 0 Å². The van der Waals surface area contributed by atoms with Crippen molar-refractivity contribution in [1.82, 2.24) is 0 Å². The van der Waals surface area contributed by atoms with Crippen molar-refractivity contribution >= 4 is 38.9 Å². The molecule has 0 radical (unpaired) electrons. The van der Waals surface area contributed by atoms with Crippen molar-refractivity contribution in [3.63, 3.8) is 0 Å². The third-order valence-electron chi connectivity index (χ3n) is 4.21. The van der Waals surface area contributed by atoms with E-state index in [1.807, 2.05) is 0 Å². The van der Waals surface area contributed by atoms with E-state index in [9.17, 15) is 18.0 Å². The average Bonchev–Trinajstić information content (AvgIpc) is 2.62. The lowest BCUT2D eigenvalue weighted by Gasteiger charge is -2.28. The van der Waals surface area contributed by atoms with Crippen LogP contribution in [0.15, 0.2) is 48.5 Å². The summed E-state index contributed by atoms with van der Waals surface area (Å²) in [6.45, 7) is 1.85. The molecule has 2 N–H and O–H groups in total. The molecule has 1 aliphatic heterocycles. The molecule has 0 aromatic heterocycles. The van der Waals surface area contributed by atoms with Crippen LogP contribution < -0.4 is 14.9 Å². The second-order valence-corrected chi connectivity index (χ2v) is 8.37. The van der Waals surface area contributed by atoms with Crippen molar-refractivity contribution in [1.29, 1.82) is 0 Å². The molecule has 0 spiro atoms. The van der Waals surface area contributed by atoms with Crippen LogP contribution in [0.1, 0.15) is 30.1 Å². The summed E-state index contributed by atoms with van der Waals surface area (Å²) in [5.41, 5.74) is 2.09. The Morgan fingerprint density at radius 3 is 2.26 bits per heavy atom. The molecule has 142 valence electrons. The number of amides is 2. The summed E-state index contributed by atoms with van der Waals surface area (Å²) in [5.74, 6) is -0.376. The summed E-state index contributed by atoms with van der Waals surface area (Å²) >= 11 is 0. The lowest BCUT2D eigenvalue weighted by atomic mass is 10.1. The van der Waals surface area contributed by atoms with Gasteiger partial charge in [-0.2, -0.15) is 0 Å². The predicted molar refractivity (Wildman–Crippen MR) is 106 cm³/mol. The predicted octanol–water partition coefficient (Wildman–Crippen LogP) is 2.83. The zero-order valence-electron chi connectivity index (χ0n) is 14.9. The average molecular weight is 387 g/mol. The van der Waals surface area contributed by atoms with Gasteiger partial charge in [0.05, 0.1) is 11.4 Å². The quantitative estimate of drug-likeness (QED) is 0.843. The highest BCUT2D eigenvalue weighted by Gasteiger charge is 2.26. The zero-order valence-corrected chi connectivity index (χ0v) is 15.8. The molecular weight excluding hydrogens is 366 g/mol. The van der Waals surface area contributed by atoms with Crippen molar-refractivity contribution in [2.24, 2.45) is 0 Å². The summed E-state index contributed by atoms with van der Waals surface area (Å²) in [4.78, 5) is 23.6. The van der Waals surface area contributed by atoms with E-state index < -0.39 is 10.0 Å². The van der Waals surface area contributed by atoms with Crippen molar-refractivity contribution < 1.29 is 18.0 Å². The monoisotopic (exact) mass is 387 g/mol. The maximum absolute atomic E-state index is 12.5. The molecule has 0 bridgehead atoms. The van der Waals surface area contributed by atoms with E-state index in [1.54, 1.807) is 48.5 Å². The Kier molecular flexibility index (Phi) is 5.46. The number of nitrogens with zero attached hydrogens (tertiary/aromatic N) is 1. The Morgan fingerprint density at radius 2 is 1.63 bits per heavy atom. The molecule has 27 heavy (non-hydrogen) atoms. The first-order valence-corrected chi connectivity index (χ1v) is 10.3. The van der Waals surface area contributed by atoms with E-state index >= 15 is 0 Å². The standard InChI is InChI=1S/C19H21N3O4S/c1-14(23)20-16-7-9-17(10-8-16)21-19(24)15-5-4-6-18(13-15)22-11-2-3-12-27(22,25)26/h4-10,13H,2-3,11-12H2,1H3,(H,20,23)(H,21,24). The number of anilines is 3. The SMILES string of the molecule is CC(=O)Nc1ccc(NC(=O)c2cccc(N3CCCCS3(=O)=O)c2)cc1. The number of sulfonamides is 1. The topological polar surface area (TPSA) is 95.6 Å². The molecule has 7 nitrogen and oxygen atoms in total. The smallest absolute Gasteiger partial charge is 0.255 e. The van der Waals surface area contributed by atoms with Crippen LogP contribution in [-0.2, 0) is 14.8 Å². The van der Waals surface area contributed by atoms with Gasteiger partial charge < -0.3 is 10.6 Å². The molecule has 3 rings (SSSR count). The third kappa shape index (κ3) is 4.65. The van der Waals surface area contributed by atoms with Gasteiger partial charge in [0.2, 0.25) is 15.9 Å². The van der Waals surface area contributed by atoms with Crippen LogP contribution in [0, 0.1) is 0 Å². The summed E-state index contributed by atoms with van der Waals surface area (Å²) in [6, 6.07) is 13.3. The zero-order chi connectivity index (χ0) is 19.4. The number of carbonyl (C=O) groups excluding carboxylic acids is 2. The molecule has 0 saturated carbocycles. The molecule has 1 aliphatic rings. The van der Waals surface area contributed by atoms with Crippen LogP contribution in [0.25, 0.3) is 0 Å². The van der Waals surface area contributed by atoms with Crippen molar-refractivity contribution in [3.8, 4) is 0 Å². The van der Waals surface area contributed by atoms with Gasteiger partial charge >= 0.3 is 0 Å². The van der Waals surface area contributed by atoms with Gasteiger partial charge in [-0.15, -0.1) is 0 Å². The van der Waals surface area contributed by atoms with Gasteiger partial charge in [0.25, 0.3) is 5.91 Å². The first-order chi connectivity index (χ1) is 12.8. The molecule has 0 aliphatic carbocycles. The van der Waals surface area contributed by atoms with E-state index in [-0.39, 0.29) is 17.6 Å². The maximum Gasteiger partial charge on any atom is 0.255 e. The third-order valence-corrected chi connectivity index (χ3v) is 6.08. The molecule has 0 unspecified atom stereocenters. The lowest BCUT2D eigenvalue weighted by Crippen LogP contribution is -2.37. The van der Waals surface area contributed by atoms with Crippen LogP contribution in [0.2, 0.25) is 0 Å². The maximum atomic E-state index is 12.5. The Hall–Kier alpha value is -2.87. The molecule has 2 aromatic rings. The molecule has 2 amide bonds. The van der Waals surface area contributed by atoms with E-state index in [1.165, 1.54) is 11.2 Å². The molecule has 2 aromatic carbocycles. The molecule has 0 atom stereocenters. The van der Waals surface area contributed by atoms with Crippen molar-refractivity contribution in [3.05, 3.63) is 54.1 Å². The summed E-state index contributed by atoms with van der Waals surface area (Å²) < 4.78 is 25.9. The highest BCUT2D eigenvalue weighted by Crippen LogP contribution is 2.25. The highest BCUT2D eigenvalue weighted by molar-refractivity contribution is 7.92. The Bertz CT molecular complexity index is 955. The van der Waals surface area contributed by atoms with Gasteiger partial charge in [0, 0.05) is 30.4 Å². The minimum Gasteiger partial charge on any atom is -0.326 e. The largest absolute Gasteiger partial charge is 0.326 e. The molecular formula is C19H21N3O4S. The molecule has 1 saturated heterocycles. The van der Waals surface area contributed by atoms with E-state index in [0.717, 1.165) is 6.42 Å². The number of nitrogens with one attached hydrogen (secondary N) is 2. The number of benzene rings is 2. The summed E-state index contributed by atoms with van der Waals surface area (Å²) in [7, 11) is -3.33.